The van der Waals surface area contributed by atoms with Gasteiger partial charge in [0.15, 0.2) is 0 Å². The van der Waals surface area contributed by atoms with Crippen molar-refractivity contribution in [1.82, 2.24) is 14.6 Å². The van der Waals surface area contributed by atoms with Gasteiger partial charge in [-0.05, 0) is 31.0 Å². The number of sulfonamides is 1. The van der Waals surface area contributed by atoms with Gasteiger partial charge in [-0.1, -0.05) is 31.2 Å². The van der Waals surface area contributed by atoms with Gasteiger partial charge in [-0.15, -0.1) is 0 Å². The van der Waals surface area contributed by atoms with Gasteiger partial charge in [0.05, 0.1) is 18.0 Å². The number of halogens is 3. The van der Waals surface area contributed by atoms with Crippen molar-refractivity contribution < 1.29 is 31.1 Å². The molecule has 8 nitrogen and oxygen atoms in total. The van der Waals surface area contributed by atoms with Crippen LogP contribution in [0.1, 0.15) is 47.8 Å². The second kappa shape index (κ2) is 10.2. The summed E-state index contributed by atoms with van der Waals surface area (Å²) in [4.78, 5) is 17.3. The van der Waals surface area contributed by atoms with E-state index in [4.69, 9.17) is 10.00 Å². The van der Waals surface area contributed by atoms with E-state index in [0.717, 1.165) is 5.56 Å². The van der Waals surface area contributed by atoms with Crippen LogP contribution >= 0.6 is 0 Å². The van der Waals surface area contributed by atoms with E-state index in [1.54, 1.807) is 38.1 Å². The van der Waals surface area contributed by atoms with Crippen molar-refractivity contribution in [1.29, 1.82) is 5.26 Å². The fraction of sp³-hybridized carbons (Fsp3) is 0.435. The summed E-state index contributed by atoms with van der Waals surface area (Å²) in [6.07, 6.45) is -1.11. The molecule has 0 spiro atoms. The molecular formula is C23H25F3N4O4S. The second-order valence-corrected chi connectivity index (χ2v) is 10.4. The SMILES string of the molecule is CCS(=O)(=O)NC1CN(C(=O)OCc2cccc(C(C)c3nc(C#N)ccc3C)c2F)CC1(F)F. The molecule has 0 radical (unpaired) electrons. The van der Waals surface area contributed by atoms with Gasteiger partial charge in [-0.3, -0.25) is 0 Å². The molecule has 1 aromatic carbocycles. The molecule has 0 bridgehead atoms. The van der Waals surface area contributed by atoms with Crippen molar-refractivity contribution in [3.05, 3.63) is 64.2 Å². The highest BCUT2D eigenvalue weighted by atomic mass is 32.2. The maximum Gasteiger partial charge on any atom is 0.410 e. The van der Waals surface area contributed by atoms with E-state index in [-0.39, 0.29) is 22.6 Å². The van der Waals surface area contributed by atoms with Crippen LogP contribution < -0.4 is 4.72 Å². The number of carbonyl (C=O) groups is 1. The minimum atomic E-state index is -3.91. The Labute approximate surface area is 201 Å². The van der Waals surface area contributed by atoms with Gasteiger partial charge in [0.25, 0.3) is 5.92 Å². The van der Waals surface area contributed by atoms with Gasteiger partial charge >= 0.3 is 6.09 Å². The number of hydrogen-bond donors (Lipinski definition) is 1. The Morgan fingerprint density at radius 3 is 2.74 bits per heavy atom. The Morgan fingerprint density at radius 2 is 2.09 bits per heavy atom. The van der Waals surface area contributed by atoms with Crippen molar-refractivity contribution in [2.75, 3.05) is 18.8 Å². The van der Waals surface area contributed by atoms with Crippen LogP contribution in [0.4, 0.5) is 18.0 Å². The molecule has 1 aliphatic rings. The van der Waals surface area contributed by atoms with Crippen molar-refractivity contribution >= 4 is 16.1 Å². The Bertz CT molecular complexity index is 1260. The van der Waals surface area contributed by atoms with Crippen LogP contribution in [0.25, 0.3) is 0 Å². The zero-order valence-electron chi connectivity index (χ0n) is 19.4. The number of hydrogen-bond acceptors (Lipinski definition) is 6. The average Bonchev–Trinajstić information content (AvgIpc) is 3.11. The standard InChI is InChI=1S/C23H25F3N4O4S/c1-4-35(32,33)29-19-11-30(13-23(19,25)26)22(31)34-12-16-6-5-7-18(20(16)24)15(3)21-14(2)8-9-17(10-27)28-21/h5-9,15,19,29H,4,11-13H2,1-3H3. The van der Waals surface area contributed by atoms with Crippen molar-refractivity contribution in [2.24, 2.45) is 0 Å². The highest BCUT2D eigenvalue weighted by Gasteiger charge is 2.51. The molecule has 35 heavy (non-hydrogen) atoms. The minimum absolute atomic E-state index is 0.0333. The zero-order valence-corrected chi connectivity index (χ0v) is 20.2. The van der Waals surface area contributed by atoms with Crippen LogP contribution in [0.15, 0.2) is 30.3 Å². The minimum Gasteiger partial charge on any atom is -0.444 e. The first-order valence-corrected chi connectivity index (χ1v) is 12.5. The molecule has 1 N–H and O–H groups in total. The van der Waals surface area contributed by atoms with Crippen molar-refractivity contribution in [3.8, 4) is 6.07 Å². The van der Waals surface area contributed by atoms with Crippen molar-refractivity contribution in [2.45, 2.75) is 45.3 Å². The molecule has 1 fully saturated rings. The van der Waals surface area contributed by atoms with Gasteiger partial charge in [0.2, 0.25) is 10.0 Å². The molecule has 2 atom stereocenters. The maximum atomic E-state index is 15.3. The number of likely N-dealkylation sites (tertiary alicyclic amines) is 1. The van der Waals surface area contributed by atoms with E-state index in [0.29, 0.717) is 10.6 Å². The first kappa shape index (κ1) is 26.4. The number of ether oxygens (including phenoxy) is 1. The highest BCUT2D eigenvalue weighted by Crippen LogP contribution is 2.31. The lowest BCUT2D eigenvalue weighted by Gasteiger charge is -2.18. The van der Waals surface area contributed by atoms with Gasteiger partial charge in [0.1, 0.15) is 30.2 Å². The van der Waals surface area contributed by atoms with E-state index < -0.39 is 59.5 Å². The number of rotatable bonds is 7. The number of nitrogens with zero attached hydrogens (tertiary/aromatic N) is 3. The summed E-state index contributed by atoms with van der Waals surface area (Å²) in [5, 5.41) is 9.11. The lowest BCUT2D eigenvalue weighted by atomic mass is 9.92. The van der Waals surface area contributed by atoms with Gasteiger partial charge in [-0.25, -0.2) is 36.1 Å². The first-order valence-electron chi connectivity index (χ1n) is 10.8. The summed E-state index contributed by atoms with van der Waals surface area (Å²) in [7, 11) is -3.91. The van der Waals surface area contributed by atoms with Crippen molar-refractivity contribution in [3.63, 3.8) is 0 Å². The lowest BCUT2D eigenvalue weighted by molar-refractivity contribution is -0.00577. The number of pyridine rings is 1. The topological polar surface area (TPSA) is 112 Å². The predicted molar refractivity (Wildman–Crippen MR) is 121 cm³/mol. The Morgan fingerprint density at radius 1 is 1.37 bits per heavy atom. The van der Waals surface area contributed by atoms with Crippen LogP contribution in [-0.2, 0) is 21.4 Å². The number of aromatic nitrogens is 1. The summed E-state index contributed by atoms with van der Waals surface area (Å²) < 4.78 is 74.1. The Hall–Kier alpha value is -3.17. The fourth-order valence-corrected chi connectivity index (χ4v) is 4.66. The number of alkyl halides is 2. The van der Waals surface area contributed by atoms with Crippen LogP contribution in [0.3, 0.4) is 0 Å². The number of carbonyl (C=O) groups excluding carboxylic acids is 1. The summed E-state index contributed by atoms with van der Waals surface area (Å²) in [6.45, 7) is 2.72. The number of benzene rings is 1. The molecule has 0 saturated carbocycles. The highest BCUT2D eigenvalue weighted by molar-refractivity contribution is 7.89. The number of amides is 1. The van der Waals surface area contributed by atoms with Gasteiger partial charge in [0, 0.05) is 18.0 Å². The third-order valence-corrected chi connectivity index (χ3v) is 7.27. The molecule has 2 heterocycles. The monoisotopic (exact) mass is 510 g/mol. The third kappa shape index (κ3) is 5.91. The van der Waals surface area contributed by atoms with E-state index >= 15 is 4.39 Å². The van der Waals surface area contributed by atoms with Crippen LogP contribution in [-0.4, -0.2) is 55.2 Å². The Balaban J connectivity index is 1.72. The molecule has 12 heteroatoms. The quantitative estimate of drug-likeness (QED) is 0.611. The van der Waals surface area contributed by atoms with Crippen LogP contribution in [0, 0.1) is 24.1 Å². The molecule has 1 amide bonds. The van der Waals surface area contributed by atoms with E-state index in [9.17, 15) is 22.0 Å². The first-order chi connectivity index (χ1) is 16.4. The van der Waals surface area contributed by atoms with Crippen LogP contribution in [0.5, 0.6) is 0 Å². The zero-order chi connectivity index (χ0) is 26.0. The van der Waals surface area contributed by atoms with Gasteiger partial charge in [-0.2, -0.15) is 5.26 Å². The molecule has 1 saturated heterocycles. The smallest absolute Gasteiger partial charge is 0.410 e. The lowest BCUT2D eigenvalue weighted by Crippen LogP contribution is -2.47. The fourth-order valence-electron chi connectivity index (χ4n) is 3.81. The normalized spacial score (nSPS) is 18.2. The summed E-state index contributed by atoms with van der Waals surface area (Å²) in [6, 6.07) is 7.99. The molecule has 1 aromatic heterocycles. The molecule has 2 aromatic rings. The number of nitriles is 1. The van der Waals surface area contributed by atoms with Crippen LogP contribution in [0.2, 0.25) is 0 Å². The molecule has 1 aliphatic heterocycles. The molecule has 188 valence electrons. The van der Waals surface area contributed by atoms with Gasteiger partial charge < -0.3 is 9.64 Å². The Kier molecular flexibility index (Phi) is 7.71. The predicted octanol–water partition coefficient (Wildman–Crippen LogP) is 3.45. The van der Waals surface area contributed by atoms with E-state index in [1.807, 2.05) is 10.8 Å². The summed E-state index contributed by atoms with van der Waals surface area (Å²) in [5.41, 5.74) is 1.80. The molecule has 3 rings (SSSR count). The largest absolute Gasteiger partial charge is 0.444 e. The van der Waals surface area contributed by atoms with E-state index in [2.05, 4.69) is 4.98 Å². The van der Waals surface area contributed by atoms with E-state index in [1.165, 1.54) is 13.0 Å². The summed E-state index contributed by atoms with van der Waals surface area (Å²) >= 11 is 0. The number of aryl methyl sites for hydroxylation is 1. The maximum absolute atomic E-state index is 15.3. The molecular weight excluding hydrogens is 485 g/mol. The molecule has 2 unspecified atom stereocenters. The summed E-state index contributed by atoms with van der Waals surface area (Å²) in [5.74, 6) is -5.02. The second-order valence-electron chi connectivity index (χ2n) is 8.32. The average molecular weight is 511 g/mol. The third-order valence-electron chi connectivity index (χ3n) is 5.86. The number of nitrogens with one attached hydrogen (secondary N) is 1. The molecule has 0 aliphatic carbocycles.